The molecule has 1 fully saturated rings. The summed E-state index contributed by atoms with van der Waals surface area (Å²) in [5, 5.41) is 0. The van der Waals surface area contributed by atoms with Gasteiger partial charge in [-0.25, -0.2) is 0 Å². The van der Waals surface area contributed by atoms with Crippen LogP contribution in [-0.2, 0) is 9.16 Å². The molecule has 1 aliphatic heterocycles. The number of anilines is 2. The van der Waals surface area contributed by atoms with Gasteiger partial charge in [0.1, 0.15) is 0 Å². The molecule has 0 saturated carbocycles. The molecule has 0 spiro atoms. The van der Waals surface area contributed by atoms with Crippen molar-refractivity contribution in [2.24, 2.45) is 0 Å². The van der Waals surface area contributed by atoms with Crippen LogP contribution in [0.3, 0.4) is 0 Å². The molecule has 1 aliphatic rings. The van der Waals surface area contributed by atoms with Crippen molar-refractivity contribution >= 4 is 19.7 Å². The van der Waals surface area contributed by atoms with Crippen LogP contribution in [0, 0.1) is 0 Å². The largest absolute Gasteiger partial charge is 0.410 e. The first-order valence-electron chi connectivity index (χ1n) is 8.77. The van der Waals surface area contributed by atoms with E-state index in [1.807, 2.05) is 0 Å². The molecule has 24 heavy (non-hydrogen) atoms. The number of nitrogens with zero attached hydrogens (tertiary/aromatic N) is 1. The van der Waals surface area contributed by atoms with Crippen LogP contribution in [-0.4, -0.2) is 34.2 Å². The SMILES string of the molecule is C[Si]1(C)CCCOCC(CN(c2ccccc2)c2ccccc2)O1. The van der Waals surface area contributed by atoms with Gasteiger partial charge in [-0.15, -0.1) is 0 Å². The van der Waals surface area contributed by atoms with Crippen LogP contribution in [0.25, 0.3) is 0 Å². The quantitative estimate of drug-likeness (QED) is 0.743. The molecule has 0 radical (unpaired) electrons. The third-order valence-corrected chi connectivity index (χ3v) is 6.91. The van der Waals surface area contributed by atoms with E-state index in [9.17, 15) is 0 Å². The molecule has 0 aliphatic carbocycles. The van der Waals surface area contributed by atoms with Gasteiger partial charge in [-0.3, -0.25) is 0 Å². The van der Waals surface area contributed by atoms with Crippen LogP contribution in [0.15, 0.2) is 60.7 Å². The van der Waals surface area contributed by atoms with Gasteiger partial charge < -0.3 is 14.1 Å². The van der Waals surface area contributed by atoms with E-state index in [4.69, 9.17) is 9.16 Å². The van der Waals surface area contributed by atoms with Crippen LogP contribution >= 0.6 is 0 Å². The molecule has 4 heteroatoms. The van der Waals surface area contributed by atoms with Gasteiger partial charge in [-0.2, -0.15) is 0 Å². The van der Waals surface area contributed by atoms with E-state index in [-0.39, 0.29) is 6.10 Å². The lowest BCUT2D eigenvalue weighted by Gasteiger charge is -2.35. The molecule has 1 saturated heterocycles. The summed E-state index contributed by atoms with van der Waals surface area (Å²) in [6.45, 7) is 6.98. The fourth-order valence-electron chi connectivity index (χ4n) is 3.23. The van der Waals surface area contributed by atoms with Crippen LogP contribution in [0.4, 0.5) is 11.4 Å². The molecule has 0 amide bonds. The minimum Gasteiger partial charge on any atom is -0.410 e. The average molecular weight is 342 g/mol. The Morgan fingerprint density at radius 3 is 2.12 bits per heavy atom. The third kappa shape index (κ3) is 4.69. The number of hydrogen-bond acceptors (Lipinski definition) is 3. The molecule has 2 aromatic carbocycles. The summed E-state index contributed by atoms with van der Waals surface area (Å²) in [7, 11) is -1.61. The molecule has 3 rings (SSSR count). The highest BCUT2D eigenvalue weighted by molar-refractivity contribution is 6.71. The lowest BCUT2D eigenvalue weighted by Crippen LogP contribution is -2.44. The minimum absolute atomic E-state index is 0.104. The summed E-state index contributed by atoms with van der Waals surface area (Å²) in [4.78, 5) is 2.33. The Hall–Kier alpha value is -1.62. The molecular formula is C20H27NO2Si. The first-order valence-corrected chi connectivity index (χ1v) is 11.9. The Bertz CT molecular complexity index is 579. The van der Waals surface area contributed by atoms with Crippen molar-refractivity contribution in [1.29, 1.82) is 0 Å². The lowest BCUT2D eigenvalue weighted by atomic mass is 10.2. The van der Waals surface area contributed by atoms with Crippen molar-refractivity contribution in [2.45, 2.75) is 31.7 Å². The maximum atomic E-state index is 6.52. The molecule has 3 nitrogen and oxygen atoms in total. The molecule has 128 valence electrons. The van der Waals surface area contributed by atoms with E-state index in [1.165, 1.54) is 17.4 Å². The standard InChI is InChI=1S/C20H27NO2Si/c1-24(2)15-9-14-22-17-20(23-24)16-21(18-10-5-3-6-11-18)19-12-7-4-8-13-19/h3-8,10-13,20H,9,14-17H2,1-2H3. The van der Waals surface area contributed by atoms with E-state index >= 15 is 0 Å². The average Bonchev–Trinajstić information content (AvgIpc) is 2.58. The van der Waals surface area contributed by atoms with E-state index < -0.39 is 8.32 Å². The molecule has 2 aromatic rings. The molecular weight excluding hydrogens is 314 g/mol. The molecule has 0 bridgehead atoms. The van der Waals surface area contributed by atoms with Crippen LogP contribution in [0.2, 0.25) is 19.1 Å². The fraction of sp³-hybridized carbons (Fsp3) is 0.400. The van der Waals surface area contributed by atoms with Gasteiger partial charge in [-0.1, -0.05) is 36.4 Å². The maximum absolute atomic E-state index is 6.52. The second kappa shape index (κ2) is 7.97. The van der Waals surface area contributed by atoms with E-state index in [2.05, 4.69) is 78.7 Å². The summed E-state index contributed by atoms with van der Waals surface area (Å²) < 4.78 is 12.3. The molecule has 0 aromatic heterocycles. The lowest BCUT2D eigenvalue weighted by molar-refractivity contribution is 0.0399. The first kappa shape index (κ1) is 17.2. The van der Waals surface area contributed by atoms with Crippen molar-refractivity contribution < 1.29 is 9.16 Å². The summed E-state index contributed by atoms with van der Waals surface area (Å²) in [6.07, 6.45) is 1.22. The number of benzene rings is 2. The summed E-state index contributed by atoms with van der Waals surface area (Å²) in [5.41, 5.74) is 2.38. The van der Waals surface area contributed by atoms with Crippen LogP contribution in [0.5, 0.6) is 0 Å². The van der Waals surface area contributed by atoms with Crippen molar-refractivity contribution in [1.82, 2.24) is 0 Å². The highest BCUT2D eigenvalue weighted by Gasteiger charge is 2.29. The Morgan fingerprint density at radius 1 is 0.958 bits per heavy atom. The van der Waals surface area contributed by atoms with Crippen molar-refractivity contribution in [3.63, 3.8) is 0 Å². The van der Waals surface area contributed by atoms with Gasteiger partial charge in [0, 0.05) is 18.0 Å². The molecule has 1 heterocycles. The van der Waals surface area contributed by atoms with Crippen molar-refractivity contribution in [2.75, 3.05) is 24.7 Å². The second-order valence-corrected chi connectivity index (χ2v) is 11.2. The van der Waals surface area contributed by atoms with E-state index in [0.29, 0.717) is 6.61 Å². The van der Waals surface area contributed by atoms with Crippen LogP contribution in [0.1, 0.15) is 6.42 Å². The molecule has 1 atom stereocenters. The first-order chi connectivity index (χ1) is 11.6. The summed E-state index contributed by atoms with van der Waals surface area (Å²) in [5.74, 6) is 0. The fourth-order valence-corrected chi connectivity index (χ4v) is 5.39. The van der Waals surface area contributed by atoms with Gasteiger partial charge in [0.2, 0.25) is 0 Å². The highest BCUT2D eigenvalue weighted by atomic mass is 28.4. The number of ether oxygens (including phenoxy) is 1. The van der Waals surface area contributed by atoms with Gasteiger partial charge in [0.15, 0.2) is 8.32 Å². The summed E-state index contributed by atoms with van der Waals surface area (Å²) in [6, 6.07) is 22.2. The van der Waals surface area contributed by atoms with E-state index in [1.54, 1.807) is 0 Å². The highest BCUT2D eigenvalue weighted by Crippen LogP contribution is 2.27. The van der Waals surface area contributed by atoms with Crippen molar-refractivity contribution in [3.05, 3.63) is 60.7 Å². The predicted octanol–water partition coefficient (Wildman–Crippen LogP) is 4.84. The maximum Gasteiger partial charge on any atom is 0.187 e. The van der Waals surface area contributed by atoms with Gasteiger partial charge in [0.05, 0.1) is 19.3 Å². The monoisotopic (exact) mass is 341 g/mol. The topological polar surface area (TPSA) is 21.7 Å². The number of para-hydroxylation sites is 2. The van der Waals surface area contributed by atoms with Gasteiger partial charge in [0.25, 0.3) is 0 Å². The van der Waals surface area contributed by atoms with Crippen molar-refractivity contribution in [3.8, 4) is 0 Å². The normalized spacial score (nSPS) is 20.8. The Balaban J connectivity index is 1.83. The third-order valence-electron chi connectivity index (χ3n) is 4.38. The van der Waals surface area contributed by atoms with E-state index in [0.717, 1.165) is 19.6 Å². The number of rotatable bonds is 4. The second-order valence-electron chi connectivity index (χ2n) is 6.96. The Kier molecular flexibility index (Phi) is 5.71. The zero-order chi connectivity index (χ0) is 16.8. The summed E-state index contributed by atoms with van der Waals surface area (Å²) >= 11 is 0. The zero-order valence-corrected chi connectivity index (χ0v) is 15.7. The smallest absolute Gasteiger partial charge is 0.187 e. The Labute approximate surface area is 146 Å². The minimum atomic E-state index is -1.61. The Morgan fingerprint density at radius 2 is 1.54 bits per heavy atom. The predicted molar refractivity (Wildman–Crippen MR) is 102 cm³/mol. The van der Waals surface area contributed by atoms with Crippen LogP contribution < -0.4 is 4.90 Å². The van der Waals surface area contributed by atoms with Gasteiger partial charge >= 0.3 is 0 Å². The van der Waals surface area contributed by atoms with Gasteiger partial charge in [-0.05, 0) is 49.8 Å². The molecule has 1 unspecified atom stereocenters. The molecule has 0 N–H and O–H groups in total. The zero-order valence-electron chi connectivity index (χ0n) is 14.7. The number of hydrogen-bond donors (Lipinski definition) is 0.